The van der Waals surface area contributed by atoms with Crippen LogP contribution < -0.4 is 4.74 Å². The maximum atomic E-state index is 5.20. The zero-order valence-corrected chi connectivity index (χ0v) is 14.6. The number of hydrogen-bond donors (Lipinski definition) is 0. The Hall–Kier alpha value is -2.50. The van der Waals surface area contributed by atoms with E-state index in [1.807, 2.05) is 48.7 Å². The third kappa shape index (κ3) is 2.96. The smallest absolute Gasteiger partial charge is 0.134 e. The Morgan fingerprint density at radius 2 is 1.71 bits per heavy atom. The minimum absolute atomic E-state index is 0.854. The lowest BCUT2D eigenvalue weighted by Crippen LogP contribution is -1.82. The van der Waals surface area contributed by atoms with Gasteiger partial charge in [-0.05, 0) is 48.5 Å². The van der Waals surface area contributed by atoms with Gasteiger partial charge in [0, 0.05) is 17.1 Å². The summed E-state index contributed by atoms with van der Waals surface area (Å²) in [7, 11) is 1.67. The molecule has 0 fully saturated rings. The molecule has 1 aromatic carbocycles. The Balaban J connectivity index is 1.62. The van der Waals surface area contributed by atoms with E-state index in [0.717, 1.165) is 32.6 Å². The van der Waals surface area contributed by atoms with Gasteiger partial charge in [-0.3, -0.25) is 4.98 Å². The highest BCUT2D eigenvalue weighted by atomic mass is 32.1. The molecule has 24 heavy (non-hydrogen) atoms. The van der Waals surface area contributed by atoms with Gasteiger partial charge in [-0.1, -0.05) is 6.07 Å². The van der Waals surface area contributed by atoms with Crippen LogP contribution in [0.15, 0.2) is 66.2 Å². The lowest BCUT2D eigenvalue weighted by molar-refractivity contribution is 0.415. The molecule has 0 saturated carbocycles. The van der Waals surface area contributed by atoms with E-state index in [1.54, 1.807) is 29.8 Å². The van der Waals surface area contributed by atoms with Crippen molar-refractivity contribution in [2.75, 3.05) is 7.11 Å². The molecule has 3 heterocycles. The van der Waals surface area contributed by atoms with Gasteiger partial charge in [0.1, 0.15) is 10.8 Å². The molecular formula is C19H14N2OS2. The summed E-state index contributed by atoms with van der Waals surface area (Å²) in [4.78, 5) is 11.5. The van der Waals surface area contributed by atoms with Crippen molar-refractivity contribution in [2.24, 2.45) is 0 Å². The lowest BCUT2D eigenvalue weighted by Gasteiger charge is -2.00. The Labute approximate surface area is 148 Å². The fourth-order valence-corrected chi connectivity index (χ4v) is 4.26. The summed E-state index contributed by atoms with van der Waals surface area (Å²) in [6, 6.07) is 18.2. The number of rotatable bonds is 4. The molecule has 4 rings (SSSR count). The topological polar surface area (TPSA) is 35.0 Å². The van der Waals surface area contributed by atoms with Gasteiger partial charge in [0.15, 0.2) is 0 Å². The molecule has 0 unspecified atom stereocenters. The molecule has 0 N–H and O–H groups in total. The molecule has 0 radical (unpaired) electrons. The second-order valence-electron chi connectivity index (χ2n) is 5.15. The van der Waals surface area contributed by atoms with Crippen molar-refractivity contribution >= 4 is 22.7 Å². The van der Waals surface area contributed by atoms with E-state index in [0.29, 0.717) is 0 Å². The maximum Gasteiger partial charge on any atom is 0.134 e. The SMILES string of the molecule is COc1ccc(-c2csc(-c3ccc(-c4ccccn4)s3)n2)cc1. The first-order chi connectivity index (χ1) is 11.8. The lowest BCUT2D eigenvalue weighted by atomic mass is 10.2. The average Bonchev–Trinajstić information content (AvgIpc) is 3.32. The molecule has 0 atom stereocenters. The molecule has 4 aromatic rings. The van der Waals surface area contributed by atoms with Crippen LogP contribution in [0, 0.1) is 0 Å². The Bertz CT molecular complexity index is 943. The summed E-state index contributed by atoms with van der Waals surface area (Å²) >= 11 is 3.38. The van der Waals surface area contributed by atoms with Gasteiger partial charge < -0.3 is 4.74 Å². The van der Waals surface area contributed by atoms with Crippen LogP contribution in [0.2, 0.25) is 0 Å². The van der Waals surface area contributed by atoms with E-state index in [-0.39, 0.29) is 0 Å². The molecule has 3 nitrogen and oxygen atoms in total. The molecule has 0 aliphatic carbocycles. The number of ether oxygens (including phenoxy) is 1. The van der Waals surface area contributed by atoms with E-state index >= 15 is 0 Å². The predicted octanol–water partition coefficient (Wildman–Crippen LogP) is 5.61. The van der Waals surface area contributed by atoms with Crippen molar-refractivity contribution in [3.05, 3.63) is 66.2 Å². The van der Waals surface area contributed by atoms with Crippen LogP contribution in [0.4, 0.5) is 0 Å². The van der Waals surface area contributed by atoms with Crippen LogP contribution in [-0.4, -0.2) is 17.1 Å². The van der Waals surface area contributed by atoms with Crippen LogP contribution in [0.3, 0.4) is 0 Å². The normalized spacial score (nSPS) is 10.7. The number of pyridine rings is 1. The zero-order chi connectivity index (χ0) is 16.4. The van der Waals surface area contributed by atoms with Gasteiger partial charge in [-0.25, -0.2) is 4.98 Å². The monoisotopic (exact) mass is 350 g/mol. The molecular weight excluding hydrogens is 336 g/mol. The van der Waals surface area contributed by atoms with Crippen LogP contribution >= 0.6 is 22.7 Å². The van der Waals surface area contributed by atoms with Gasteiger partial charge in [0.2, 0.25) is 0 Å². The van der Waals surface area contributed by atoms with E-state index in [4.69, 9.17) is 9.72 Å². The first-order valence-corrected chi connectivity index (χ1v) is 9.15. The average molecular weight is 350 g/mol. The third-order valence-electron chi connectivity index (χ3n) is 3.62. The van der Waals surface area contributed by atoms with Gasteiger partial charge in [0.25, 0.3) is 0 Å². The van der Waals surface area contributed by atoms with E-state index in [1.165, 1.54) is 4.88 Å². The fourth-order valence-electron chi connectivity index (χ4n) is 2.38. The van der Waals surface area contributed by atoms with Crippen molar-refractivity contribution in [2.45, 2.75) is 0 Å². The summed E-state index contributed by atoms with van der Waals surface area (Å²) in [5.74, 6) is 0.854. The number of methoxy groups -OCH3 is 1. The molecule has 0 saturated heterocycles. The predicted molar refractivity (Wildman–Crippen MR) is 101 cm³/mol. The number of hydrogen-bond acceptors (Lipinski definition) is 5. The summed E-state index contributed by atoms with van der Waals surface area (Å²) in [5, 5.41) is 3.13. The van der Waals surface area contributed by atoms with Crippen molar-refractivity contribution in [3.63, 3.8) is 0 Å². The highest BCUT2D eigenvalue weighted by Crippen LogP contribution is 2.36. The Kier molecular flexibility index (Phi) is 4.11. The molecule has 0 bridgehead atoms. The molecule has 0 amide bonds. The standard InChI is InChI=1S/C19H14N2OS2/c1-22-14-7-5-13(6-8-14)16-12-23-19(21-16)18-10-9-17(24-18)15-4-2-3-11-20-15/h2-12H,1H3. The number of thiophene rings is 1. The molecule has 3 aromatic heterocycles. The Morgan fingerprint density at radius 1 is 0.875 bits per heavy atom. The first kappa shape index (κ1) is 15.1. The quantitative estimate of drug-likeness (QED) is 0.480. The highest BCUT2D eigenvalue weighted by Gasteiger charge is 2.10. The first-order valence-electron chi connectivity index (χ1n) is 7.45. The number of nitrogens with zero attached hydrogens (tertiary/aromatic N) is 2. The van der Waals surface area contributed by atoms with Gasteiger partial charge >= 0.3 is 0 Å². The molecule has 118 valence electrons. The second-order valence-corrected chi connectivity index (χ2v) is 7.09. The molecule has 0 aliphatic heterocycles. The zero-order valence-electron chi connectivity index (χ0n) is 13.0. The summed E-state index contributed by atoms with van der Waals surface area (Å²) < 4.78 is 5.20. The van der Waals surface area contributed by atoms with Crippen LogP contribution in [-0.2, 0) is 0 Å². The Morgan fingerprint density at radius 3 is 2.46 bits per heavy atom. The highest BCUT2D eigenvalue weighted by molar-refractivity contribution is 7.23. The number of benzene rings is 1. The largest absolute Gasteiger partial charge is 0.497 e. The minimum Gasteiger partial charge on any atom is -0.497 e. The summed E-state index contributed by atoms with van der Waals surface area (Å²) in [6.45, 7) is 0. The van der Waals surface area contributed by atoms with Crippen molar-refractivity contribution in [1.82, 2.24) is 9.97 Å². The van der Waals surface area contributed by atoms with Gasteiger partial charge in [-0.2, -0.15) is 0 Å². The van der Waals surface area contributed by atoms with Gasteiger partial charge in [-0.15, -0.1) is 22.7 Å². The number of aromatic nitrogens is 2. The van der Waals surface area contributed by atoms with Crippen LogP contribution in [0.25, 0.3) is 31.7 Å². The second kappa shape index (κ2) is 6.55. The molecule has 5 heteroatoms. The summed E-state index contributed by atoms with van der Waals surface area (Å²) in [5.41, 5.74) is 3.09. The minimum atomic E-state index is 0.854. The maximum absolute atomic E-state index is 5.20. The van der Waals surface area contributed by atoms with Crippen LogP contribution in [0.5, 0.6) is 5.75 Å². The van der Waals surface area contributed by atoms with Crippen molar-refractivity contribution < 1.29 is 4.74 Å². The van der Waals surface area contributed by atoms with Crippen molar-refractivity contribution in [1.29, 1.82) is 0 Å². The van der Waals surface area contributed by atoms with E-state index in [9.17, 15) is 0 Å². The molecule has 0 aliphatic rings. The van der Waals surface area contributed by atoms with Crippen LogP contribution in [0.1, 0.15) is 0 Å². The van der Waals surface area contributed by atoms with Crippen molar-refractivity contribution in [3.8, 4) is 37.5 Å². The molecule has 0 spiro atoms. The summed E-state index contributed by atoms with van der Waals surface area (Å²) in [6.07, 6.45) is 1.82. The van der Waals surface area contributed by atoms with E-state index in [2.05, 4.69) is 22.5 Å². The van der Waals surface area contributed by atoms with Gasteiger partial charge in [0.05, 0.1) is 28.3 Å². The van der Waals surface area contributed by atoms with E-state index < -0.39 is 0 Å². The fraction of sp³-hybridized carbons (Fsp3) is 0.0526. The number of thiazole rings is 1. The third-order valence-corrected chi connectivity index (χ3v) is 5.74.